The van der Waals surface area contributed by atoms with E-state index in [0.29, 0.717) is 74.5 Å². The Bertz CT molecular complexity index is 6120. The number of benzene rings is 2. The number of nitrogen functional groups attached to an aromatic ring is 6. The molecule has 35 heteroatoms. The molecule has 0 spiro atoms. The summed E-state index contributed by atoms with van der Waals surface area (Å²) in [7, 11) is 4.01. The number of rotatable bonds is 16. The molecule has 2 aromatic carbocycles. The minimum absolute atomic E-state index is 0.0859. The van der Waals surface area contributed by atoms with Crippen molar-refractivity contribution >= 4 is 109 Å². The van der Waals surface area contributed by atoms with Crippen LogP contribution in [0.25, 0.3) is 45.0 Å². The zero-order valence-corrected chi connectivity index (χ0v) is 69.0. The van der Waals surface area contributed by atoms with Crippen molar-refractivity contribution in [1.82, 2.24) is 113 Å². The number of hydrogen-bond donors (Lipinski definition) is 9. The van der Waals surface area contributed by atoms with Crippen molar-refractivity contribution in [2.24, 2.45) is 24.6 Å². The number of anilines is 8. The third-order valence-corrected chi connectivity index (χ3v) is 23.0. The fourth-order valence-electron chi connectivity index (χ4n) is 15.4. The highest BCUT2D eigenvalue weighted by atomic mass is 35.5. The number of nitrogens with zero attached hydrogens (tertiary/aromatic N) is 23. The molecule has 4 fully saturated rings. The van der Waals surface area contributed by atoms with Gasteiger partial charge in [-0.05, 0) is 147 Å². The van der Waals surface area contributed by atoms with E-state index in [4.69, 9.17) is 56.7 Å². The average molecular weight is 1640 g/mol. The van der Waals surface area contributed by atoms with Gasteiger partial charge in [-0.3, -0.25) is 9.48 Å². The number of halogens is 1. The van der Waals surface area contributed by atoms with Crippen LogP contribution < -0.4 is 60.6 Å². The summed E-state index contributed by atoms with van der Waals surface area (Å²) in [5.41, 5.74) is 56.9. The van der Waals surface area contributed by atoms with Crippen molar-refractivity contribution < 1.29 is 4.79 Å². The maximum Gasteiger partial charge on any atom is 0.198 e. The molecule has 0 bridgehead atoms. The van der Waals surface area contributed by atoms with Crippen LogP contribution in [0.5, 0.6) is 0 Å². The summed E-state index contributed by atoms with van der Waals surface area (Å²) in [5, 5.41) is 38.8. The van der Waals surface area contributed by atoms with Crippen molar-refractivity contribution in [1.29, 1.82) is 0 Å². The molecule has 4 aliphatic heterocycles. The van der Waals surface area contributed by atoms with E-state index in [1.54, 1.807) is 94.1 Å². The lowest BCUT2D eigenvalue weighted by atomic mass is 9.94. The molecule has 20 rings (SSSR count). The highest BCUT2D eigenvalue weighted by Crippen LogP contribution is 2.37. The second kappa shape index (κ2) is 36.8. The molecule has 0 saturated carbocycles. The predicted molar refractivity (Wildman–Crippen MR) is 469 cm³/mol. The number of nitrogens with two attached hydrogens (primary N) is 7. The number of aromatic nitrogens is 20. The SMILES string of the molecule is CCN(Cc1ccccc1)c1cc(N)n2nccc2n1.CN1CCCC(c2nc3c(-c4cnn(C)c4)cnn3c(N)c2Cl)C1.Cc1cnn2c(N)cc(C[C@H]3CCNC3)nc12.Cc1cnn2c(N)cc(N3CC[C@H](N)C3)nc12.Nc1cc(CCc2cccs2)nc2ccnn12.Nc1cc(C[C@H]2CCNC2)nc2c(C(=O)c3ccccc3)cnn12. The van der Waals surface area contributed by atoms with Crippen LogP contribution in [-0.2, 0) is 39.3 Å². The lowest BCUT2D eigenvalue weighted by molar-refractivity contribution is 0.104. The third-order valence-electron chi connectivity index (χ3n) is 21.7. The molecule has 0 aliphatic carbocycles. The first-order valence-electron chi connectivity index (χ1n) is 40.1. The number of likely N-dealkylation sites (tertiary alicyclic amines) is 1. The summed E-state index contributed by atoms with van der Waals surface area (Å²) in [6.07, 6.45) is 23.4. The lowest BCUT2D eigenvalue weighted by Gasteiger charge is -2.30. The summed E-state index contributed by atoms with van der Waals surface area (Å²) in [6.45, 7) is 15.9. The molecule has 0 radical (unpaired) electrons. The molecule has 616 valence electrons. The highest BCUT2D eigenvalue weighted by Gasteiger charge is 2.28. The van der Waals surface area contributed by atoms with E-state index in [9.17, 15) is 4.79 Å². The number of ketones is 1. The number of piperidine rings is 1. The van der Waals surface area contributed by atoms with Crippen molar-refractivity contribution in [3.63, 3.8) is 0 Å². The number of hydrogen-bond acceptors (Lipinski definition) is 27. The molecule has 16 aromatic rings. The van der Waals surface area contributed by atoms with Crippen molar-refractivity contribution in [2.45, 2.75) is 97.1 Å². The van der Waals surface area contributed by atoms with Crippen LogP contribution >= 0.6 is 22.9 Å². The molecule has 16 N–H and O–H groups in total. The Morgan fingerprint density at radius 2 is 1.18 bits per heavy atom. The van der Waals surface area contributed by atoms with Crippen LogP contribution in [0.3, 0.4) is 0 Å². The maximum absolute atomic E-state index is 12.7. The van der Waals surface area contributed by atoms with Gasteiger partial charge < -0.3 is 65.5 Å². The highest BCUT2D eigenvalue weighted by molar-refractivity contribution is 7.09. The van der Waals surface area contributed by atoms with Crippen LogP contribution in [0, 0.1) is 25.7 Å². The molecule has 33 nitrogen and oxygen atoms in total. The summed E-state index contributed by atoms with van der Waals surface area (Å²) in [5.74, 6) is 6.70. The van der Waals surface area contributed by atoms with Crippen LogP contribution in [0.15, 0.2) is 170 Å². The van der Waals surface area contributed by atoms with Crippen LogP contribution in [0.2, 0.25) is 5.02 Å². The second-order valence-electron chi connectivity index (χ2n) is 30.6. The topological polar surface area (TPSA) is 432 Å². The summed E-state index contributed by atoms with van der Waals surface area (Å²) < 4.78 is 11.6. The van der Waals surface area contributed by atoms with Crippen LogP contribution in [0.4, 0.5) is 46.5 Å². The van der Waals surface area contributed by atoms with Gasteiger partial charge in [0.2, 0.25) is 0 Å². The molecule has 0 amide bonds. The Labute approximate surface area is 696 Å². The summed E-state index contributed by atoms with van der Waals surface area (Å²) >= 11 is 8.30. The van der Waals surface area contributed by atoms with E-state index in [-0.39, 0.29) is 11.8 Å². The number of fused-ring (bicyclic) bond motifs is 6. The van der Waals surface area contributed by atoms with E-state index in [1.165, 1.54) is 21.4 Å². The molecule has 14 aromatic heterocycles. The lowest BCUT2D eigenvalue weighted by Crippen LogP contribution is -2.31. The zero-order chi connectivity index (χ0) is 82.8. The summed E-state index contributed by atoms with van der Waals surface area (Å²) in [6, 6.07) is 37.1. The number of thiophene rings is 1. The van der Waals surface area contributed by atoms with E-state index in [1.807, 2.05) is 106 Å². The van der Waals surface area contributed by atoms with Gasteiger partial charge >= 0.3 is 0 Å². The molecule has 4 aliphatic rings. The van der Waals surface area contributed by atoms with Gasteiger partial charge in [0.15, 0.2) is 39.7 Å². The maximum atomic E-state index is 12.7. The summed E-state index contributed by atoms with van der Waals surface area (Å²) in [4.78, 5) is 48.7. The minimum Gasteiger partial charge on any atom is -0.384 e. The van der Waals surface area contributed by atoms with Crippen LogP contribution in [-0.4, -0.2) is 180 Å². The molecular formula is C84H101ClN32OS. The molecule has 1 unspecified atom stereocenters. The quantitative estimate of drug-likeness (QED) is 0.0407. The monoisotopic (exact) mass is 1640 g/mol. The van der Waals surface area contributed by atoms with Crippen molar-refractivity contribution in [3.8, 4) is 11.1 Å². The Kier molecular flexibility index (Phi) is 25.2. The van der Waals surface area contributed by atoms with Gasteiger partial charge in [0.25, 0.3) is 0 Å². The van der Waals surface area contributed by atoms with Crippen LogP contribution in [0.1, 0.15) is 105 Å². The standard InChI is InChI=1S/C18H19N5O.C16H20ClN7.C15H17N5.C12H17N5.C12H12N4S.C11H16N6/c19-16-9-14(8-12-6-7-20-10-12)22-18-15(11-21-23(16)18)17(24)13-4-2-1-3-5-13;1-22-5-3-4-10(8-22)14-13(17)15(18)24-16(21-14)12(7-20-24)11-6-19-23(2)9-11;1-2-19(11-12-6-4-3-5-7-12)15-10-13(16)20-14(18-15)8-9-17-20;1-8-6-15-17-11(13)5-10(16-12(8)17)4-9-2-3-14-7-9;13-11-8-9(3-4-10-2-1-7-17-10)15-12-5-6-14-16(11)12;1-7-5-14-17-9(13)4-10(15-11(7)17)16-3-2-8(12)6-16/h1-5,9,11-12,20H,6-8,10,19H2;6-7,9-10H,3-5,8,18H2,1-2H3;3-10H,2,11,16H2,1H3;5-6,9,14H,2-4,7,13H2,1H3;1-2,5-8H,3-4,13H2;4-5,8H,2-3,6,12-13H2,1H3/t12-;;;9-;;8-/m1..1.0/s1. The van der Waals surface area contributed by atoms with Gasteiger partial charge in [-0.2, -0.15) is 62.8 Å². The van der Waals surface area contributed by atoms with E-state index in [0.717, 1.165) is 202 Å². The smallest absolute Gasteiger partial charge is 0.198 e. The van der Waals surface area contributed by atoms with E-state index >= 15 is 0 Å². The first kappa shape index (κ1) is 81.4. The van der Waals surface area contributed by atoms with Gasteiger partial charge in [0.1, 0.15) is 51.6 Å². The first-order valence-corrected chi connectivity index (χ1v) is 41.4. The van der Waals surface area contributed by atoms with Crippen molar-refractivity contribution in [2.75, 3.05) is 110 Å². The number of aryl methyl sites for hydroxylation is 5. The number of likely N-dealkylation sites (N-methyl/N-ethyl adjacent to an activating group) is 1. The number of carbonyl (C=O) groups is 1. The largest absolute Gasteiger partial charge is 0.384 e. The second-order valence-corrected chi connectivity index (χ2v) is 32.0. The first-order chi connectivity index (χ1) is 57.7. The fourth-order valence-corrected chi connectivity index (χ4v) is 16.4. The normalized spacial score (nSPS) is 16.6. The Hall–Kier alpha value is -12.7. The number of carbonyl (C=O) groups excluding carboxylic acids is 1. The van der Waals surface area contributed by atoms with Gasteiger partial charge in [-0.15, -0.1) is 11.3 Å². The van der Waals surface area contributed by atoms with Gasteiger partial charge in [-0.1, -0.05) is 78.3 Å². The predicted octanol–water partition coefficient (Wildman–Crippen LogP) is 9.29. The zero-order valence-electron chi connectivity index (χ0n) is 67.4. The average Bonchev–Trinajstić information content (AvgIpc) is 1.65. The molecule has 18 heterocycles. The van der Waals surface area contributed by atoms with Gasteiger partial charge in [0, 0.05) is 150 Å². The Morgan fingerprint density at radius 1 is 0.571 bits per heavy atom. The third kappa shape index (κ3) is 19.0. The Balaban J connectivity index is 0.000000112. The number of nitrogens with one attached hydrogen (secondary N) is 2. The molecular weight excluding hydrogens is 1540 g/mol. The van der Waals surface area contributed by atoms with Gasteiger partial charge in [-0.25, -0.2) is 29.9 Å². The molecule has 119 heavy (non-hydrogen) atoms. The van der Waals surface area contributed by atoms with Crippen molar-refractivity contribution in [3.05, 3.63) is 231 Å². The Morgan fingerprint density at radius 3 is 1.79 bits per heavy atom. The van der Waals surface area contributed by atoms with Gasteiger partial charge in [0.05, 0.1) is 54.6 Å². The van der Waals surface area contributed by atoms with E-state index < -0.39 is 0 Å². The minimum atomic E-state index is -0.0859. The van der Waals surface area contributed by atoms with E-state index in [2.05, 4.69) is 130 Å². The fraction of sp³-hybridized carbons (Fsp3) is 0.333. The molecule has 4 atom stereocenters. The molecule has 4 saturated heterocycles.